The van der Waals surface area contributed by atoms with Gasteiger partial charge in [-0.3, -0.25) is 0 Å². The summed E-state index contributed by atoms with van der Waals surface area (Å²) in [6, 6.07) is 131. The Morgan fingerprint density at radius 1 is 0.270 bits per heavy atom. The van der Waals surface area contributed by atoms with Gasteiger partial charge >= 0.3 is 0 Å². The highest BCUT2D eigenvalue weighted by Gasteiger charge is 2.48. The molecular formula is C94H80BN3Si2. The monoisotopic (exact) mass is 1320 g/mol. The van der Waals surface area contributed by atoms with E-state index in [-0.39, 0.29) is 17.5 Å². The maximum atomic E-state index is 2.67. The summed E-state index contributed by atoms with van der Waals surface area (Å²) in [6.45, 7) is 18.3. The van der Waals surface area contributed by atoms with E-state index >= 15 is 0 Å². The first-order valence-electron chi connectivity index (χ1n) is 35.4. The third kappa shape index (κ3) is 10.2. The van der Waals surface area contributed by atoms with Crippen LogP contribution < -0.4 is 67.7 Å². The van der Waals surface area contributed by atoms with Crippen LogP contribution in [0.5, 0.6) is 0 Å². The smallest absolute Gasteiger partial charge is 0.252 e. The number of benzene rings is 14. The van der Waals surface area contributed by atoms with Crippen LogP contribution in [0.4, 0.5) is 34.1 Å². The summed E-state index contributed by atoms with van der Waals surface area (Å²) in [5.41, 5.74) is 21.6. The molecular weight excluding hydrogens is 1240 g/mol. The summed E-state index contributed by atoms with van der Waals surface area (Å²) in [4.78, 5) is 5.26. The molecule has 0 bridgehead atoms. The number of anilines is 6. The second kappa shape index (κ2) is 24.5. The zero-order valence-corrected chi connectivity index (χ0v) is 60.3. The van der Waals surface area contributed by atoms with Gasteiger partial charge in [0, 0.05) is 44.9 Å². The van der Waals surface area contributed by atoms with Crippen LogP contribution in [0.2, 0.25) is 0 Å². The van der Waals surface area contributed by atoms with E-state index in [0.717, 1.165) is 28.4 Å². The molecule has 3 heterocycles. The zero-order chi connectivity index (χ0) is 68.1. The first-order valence-corrected chi connectivity index (χ1v) is 39.4. The fourth-order valence-electron chi connectivity index (χ4n) is 16.9. The van der Waals surface area contributed by atoms with Crippen molar-refractivity contribution in [2.24, 2.45) is 0 Å². The molecule has 0 unspecified atom stereocenters. The van der Waals surface area contributed by atoms with Crippen LogP contribution in [0.1, 0.15) is 63.8 Å². The van der Waals surface area contributed by atoms with E-state index in [4.69, 9.17) is 0 Å². The van der Waals surface area contributed by atoms with E-state index in [9.17, 15) is 0 Å². The lowest BCUT2D eigenvalue weighted by molar-refractivity contribution is 0.569. The van der Waals surface area contributed by atoms with E-state index in [0.29, 0.717) is 0 Å². The molecule has 1 aromatic heterocycles. The van der Waals surface area contributed by atoms with Gasteiger partial charge in [-0.25, -0.2) is 0 Å². The summed E-state index contributed by atoms with van der Waals surface area (Å²) in [5.74, 6) is 0. The van der Waals surface area contributed by atoms with Crippen LogP contribution in [-0.2, 0) is 10.8 Å². The Morgan fingerprint density at radius 2 is 0.670 bits per heavy atom. The van der Waals surface area contributed by atoms with Gasteiger partial charge in [0.05, 0.1) is 16.7 Å². The molecule has 100 heavy (non-hydrogen) atoms. The fraction of sp³-hybridized carbons (Fsp3) is 0.106. The van der Waals surface area contributed by atoms with Crippen LogP contribution in [0.3, 0.4) is 0 Å². The molecule has 15 aromatic rings. The number of para-hydroxylation sites is 1. The van der Waals surface area contributed by atoms with Crippen molar-refractivity contribution in [1.29, 1.82) is 0 Å². The fourth-order valence-corrected chi connectivity index (χ4v) is 26.4. The highest BCUT2D eigenvalue weighted by molar-refractivity contribution is 7.20. The number of aromatic nitrogens is 1. The lowest BCUT2D eigenvalue weighted by atomic mass is 9.33. The molecule has 0 saturated heterocycles. The van der Waals surface area contributed by atoms with Crippen molar-refractivity contribution < 1.29 is 0 Å². The lowest BCUT2D eigenvalue weighted by Gasteiger charge is -2.45. The molecule has 0 amide bonds. The van der Waals surface area contributed by atoms with Crippen molar-refractivity contribution in [1.82, 2.24) is 4.57 Å². The van der Waals surface area contributed by atoms with Gasteiger partial charge in [0.15, 0.2) is 16.1 Å². The maximum Gasteiger partial charge on any atom is 0.252 e. The van der Waals surface area contributed by atoms with Gasteiger partial charge in [-0.05, 0) is 178 Å². The number of hydrogen-bond donors (Lipinski definition) is 0. The summed E-state index contributed by atoms with van der Waals surface area (Å²) in [7, 11) is -6.01. The first-order chi connectivity index (χ1) is 48.7. The molecule has 6 heteroatoms. The predicted octanol–water partition coefficient (Wildman–Crippen LogP) is 16.5. The van der Waals surface area contributed by atoms with Gasteiger partial charge in [0.25, 0.3) is 6.71 Å². The van der Waals surface area contributed by atoms with Crippen molar-refractivity contribution in [2.75, 3.05) is 9.80 Å². The molecule has 3 nitrogen and oxygen atoms in total. The van der Waals surface area contributed by atoms with Crippen molar-refractivity contribution >= 4 is 137 Å². The molecule has 2 aliphatic heterocycles. The van der Waals surface area contributed by atoms with E-state index in [1.165, 1.54) is 124 Å². The van der Waals surface area contributed by atoms with Crippen molar-refractivity contribution in [3.05, 3.63) is 362 Å². The molecule has 0 spiro atoms. The molecule has 0 saturated carbocycles. The number of rotatable bonds is 12. The average molecular weight is 1320 g/mol. The molecule has 0 radical (unpaired) electrons. The lowest BCUT2D eigenvalue weighted by Crippen LogP contribution is -2.75. The number of nitrogens with zero attached hydrogens (tertiary/aromatic N) is 3. The van der Waals surface area contributed by atoms with Gasteiger partial charge in [-0.2, -0.15) is 0 Å². The summed E-state index contributed by atoms with van der Waals surface area (Å²) in [6.07, 6.45) is 0. The second-order valence-electron chi connectivity index (χ2n) is 29.8. The number of fused-ring (bicyclic) bond motifs is 7. The Kier molecular flexibility index (Phi) is 15.3. The molecule has 14 aromatic carbocycles. The molecule has 0 atom stereocenters. The largest absolute Gasteiger partial charge is 0.311 e. The topological polar surface area (TPSA) is 11.4 Å². The van der Waals surface area contributed by atoms with Crippen LogP contribution in [-0.4, -0.2) is 27.4 Å². The highest BCUT2D eigenvalue weighted by Crippen LogP contribution is 2.47. The Morgan fingerprint density at radius 3 is 1.13 bits per heavy atom. The van der Waals surface area contributed by atoms with Gasteiger partial charge in [-0.15, -0.1) is 0 Å². The molecule has 0 fully saturated rings. The third-order valence-electron chi connectivity index (χ3n) is 21.6. The van der Waals surface area contributed by atoms with Gasteiger partial charge < -0.3 is 14.4 Å². The van der Waals surface area contributed by atoms with Gasteiger partial charge in [-0.1, -0.05) is 320 Å². The Bertz CT molecular complexity index is 5300. The minimum absolute atomic E-state index is 0.0529. The van der Waals surface area contributed by atoms with Crippen LogP contribution in [0.15, 0.2) is 340 Å². The second-order valence-corrected chi connectivity index (χ2v) is 37.4. The van der Waals surface area contributed by atoms with Crippen LogP contribution in [0.25, 0.3) is 38.6 Å². The SMILES string of the molecule is Cc1ccc2c(c1)c1cc(C)ccc1n2-c1cc2c3c(c1)N(c1ccc([Si](c4ccccc4)(c4ccccc4)c4ccccc4)cc1)c1ccc([Si](c4ccccc4)(c4ccccc4)c4ccccc4)cc1B3c1ccccc1N2c1cccc(-c2cc(C(C)(C)C)cc(C(C)(C)C)c2)c1. The number of aryl methyl sites for hydroxylation is 2. The summed E-state index contributed by atoms with van der Waals surface area (Å²) < 4.78 is 2.55. The van der Waals surface area contributed by atoms with Gasteiger partial charge in [0.1, 0.15) is 0 Å². The van der Waals surface area contributed by atoms with Gasteiger partial charge in [0.2, 0.25) is 0 Å². The first kappa shape index (κ1) is 62.5. The average Bonchev–Trinajstić information content (AvgIpc) is 0.698. The Labute approximate surface area is 592 Å². The van der Waals surface area contributed by atoms with Crippen molar-refractivity contribution in [2.45, 2.75) is 66.2 Å². The maximum absolute atomic E-state index is 3.08. The van der Waals surface area contributed by atoms with E-state index in [2.05, 4.69) is 409 Å². The van der Waals surface area contributed by atoms with E-state index in [1.54, 1.807) is 0 Å². The summed E-state index contributed by atoms with van der Waals surface area (Å²) >= 11 is 0. The van der Waals surface area contributed by atoms with Crippen molar-refractivity contribution in [3.8, 4) is 16.8 Å². The summed E-state index contributed by atoms with van der Waals surface area (Å²) in [5, 5.41) is 13.2. The van der Waals surface area contributed by atoms with Crippen LogP contribution >= 0.6 is 0 Å². The highest BCUT2D eigenvalue weighted by atomic mass is 28.3. The van der Waals surface area contributed by atoms with E-state index < -0.39 is 16.1 Å². The minimum atomic E-state index is -3.08. The van der Waals surface area contributed by atoms with Crippen molar-refractivity contribution in [3.63, 3.8) is 0 Å². The molecule has 17 rings (SSSR count). The molecule has 2 aliphatic rings. The predicted molar refractivity (Wildman–Crippen MR) is 434 cm³/mol. The Hall–Kier alpha value is -11.0. The molecule has 482 valence electrons. The van der Waals surface area contributed by atoms with Crippen LogP contribution in [0, 0.1) is 13.8 Å². The van der Waals surface area contributed by atoms with E-state index in [1.807, 2.05) is 0 Å². The zero-order valence-electron chi connectivity index (χ0n) is 58.3. The normalized spacial score (nSPS) is 12.9. The number of hydrogen-bond acceptors (Lipinski definition) is 2. The minimum Gasteiger partial charge on any atom is -0.311 e. The standard InChI is InChI=1S/C94H80BN3Si2/c1-65-46-53-86-82(56-65)83-57-66(2)47-54-87(83)98(86)73-62-90-92-91(63-73)97(72-31-29-30-67(60-72)68-58-69(93(3,4)5)61-70(59-68)94(6,7)8)88-45-28-27-44-84(88)95(92)85-64-81(100(77-38-21-12-22-39-77,78-40-23-13-24-41-78)79-42-25-14-26-43-79)52-55-89(85)96(90)71-48-50-80(51-49-71)99(74-32-15-9-16-33-74,75-34-17-10-18-35-75)76-36-19-11-20-37-76/h9-64H,1-8H3. The molecule has 0 aliphatic carbocycles. The molecule has 0 N–H and O–H groups in total. The third-order valence-corrected chi connectivity index (χ3v) is 31.2. The Balaban J connectivity index is 0.989. The quantitative estimate of drug-likeness (QED) is 0.0892.